The van der Waals surface area contributed by atoms with Gasteiger partial charge in [-0.1, -0.05) is 54.1 Å². The Hall–Kier alpha value is -4.10. The quantitative estimate of drug-likeness (QED) is 0.244. The van der Waals surface area contributed by atoms with Crippen molar-refractivity contribution in [3.63, 3.8) is 0 Å². The van der Waals surface area contributed by atoms with Gasteiger partial charge in [-0.2, -0.15) is 0 Å². The van der Waals surface area contributed by atoms with Crippen LogP contribution in [-0.4, -0.2) is 39.8 Å². The van der Waals surface area contributed by atoms with Crippen molar-refractivity contribution in [2.24, 2.45) is 5.14 Å². The first kappa shape index (κ1) is 28.9. The number of halogens is 1. The predicted molar refractivity (Wildman–Crippen MR) is 153 cm³/mol. The third kappa shape index (κ3) is 7.30. The number of aromatic nitrogens is 1. The minimum atomic E-state index is -3.97. The summed E-state index contributed by atoms with van der Waals surface area (Å²) < 4.78 is 49.8. The van der Waals surface area contributed by atoms with E-state index in [0.717, 1.165) is 6.26 Å². The van der Waals surface area contributed by atoms with Crippen LogP contribution in [0.5, 0.6) is 0 Å². The van der Waals surface area contributed by atoms with Crippen LogP contribution in [0, 0.1) is 0 Å². The van der Waals surface area contributed by atoms with Gasteiger partial charge in [0.1, 0.15) is 5.82 Å². The molecule has 1 aromatic heterocycles. The molecule has 10 nitrogen and oxygen atoms in total. The van der Waals surface area contributed by atoms with Crippen LogP contribution in [0.15, 0.2) is 90.0 Å². The minimum absolute atomic E-state index is 0.0462. The zero-order valence-corrected chi connectivity index (χ0v) is 23.3. The summed E-state index contributed by atoms with van der Waals surface area (Å²) in [6.07, 6.45) is 2.12. The molecule has 0 spiro atoms. The lowest BCUT2D eigenvalue weighted by Gasteiger charge is -2.13. The van der Waals surface area contributed by atoms with E-state index in [9.17, 15) is 26.4 Å². The number of sulfonamides is 2. The van der Waals surface area contributed by atoms with Crippen molar-refractivity contribution < 1.29 is 26.4 Å². The van der Waals surface area contributed by atoms with Gasteiger partial charge in [-0.15, -0.1) is 0 Å². The molecule has 0 saturated carbocycles. The van der Waals surface area contributed by atoms with Crippen LogP contribution in [0.4, 0.5) is 11.5 Å². The highest BCUT2D eigenvalue weighted by Gasteiger charge is 2.19. The highest BCUT2D eigenvalue weighted by Crippen LogP contribution is 2.27. The first-order valence-electron chi connectivity index (χ1n) is 11.6. The number of nitrogens with two attached hydrogens (primary N) is 1. The molecule has 0 saturated heterocycles. The highest BCUT2D eigenvalue weighted by atomic mass is 35.5. The van der Waals surface area contributed by atoms with Gasteiger partial charge in [0.2, 0.25) is 20.0 Å². The van der Waals surface area contributed by atoms with E-state index in [2.05, 4.69) is 15.0 Å². The Balaban J connectivity index is 1.63. The van der Waals surface area contributed by atoms with Crippen LogP contribution in [0.25, 0.3) is 11.1 Å². The normalized spacial score (nSPS) is 11.6. The molecule has 0 bridgehead atoms. The van der Waals surface area contributed by atoms with E-state index in [-0.39, 0.29) is 39.7 Å². The molecule has 0 unspecified atom stereocenters. The van der Waals surface area contributed by atoms with Crippen molar-refractivity contribution in [2.75, 3.05) is 16.3 Å². The summed E-state index contributed by atoms with van der Waals surface area (Å²) in [5.74, 6) is -0.680. The summed E-state index contributed by atoms with van der Waals surface area (Å²) in [5.41, 5.74) is 1.82. The van der Waals surface area contributed by atoms with Crippen LogP contribution < -0.4 is 15.2 Å². The Kier molecular flexibility index (Phi) is 8.35. The maximum absolute atomic E-state index is 13.2. The fourth-order valence-corrected chi connectivity index (χ4v) is 5.36. The van der Waals surface area contributed by atoms with Crippen LogP contribution in [0.2, 0.25) is 5.02 Å². The van der Waals surface area contributed by atoms with E-state index in [1.54, 1.807) is 36.4 Å². The van der Waals surface area contributed by atoms with Crippen LogP contribution in [0.3, 0.4) is 0 Å². The summed E-state index contributed by atoms with van der Waals surface area (Å²) in [7, 11) is -7.58. The average molecular weight is 599 g/mol. The van der Waals surface area contributed by atoms with Crippen molar-refractivity contribution in [1.29, 1.82) is 0 Å². The Morgan fingerprint density at radius 1 is 0.925 bits per heavy atom. The van der Waals surface area contributed by atoms with Gasteiger partial charge in [-0.3, -0.25) is 14.3 Å². The number of Topliss-reactive ketones (excluding diaryl/α,β-unsaturated/α-hetero) is 1. The Bertz CT molecular complexity index is 1810. The number of rotatable bonds is 9. The third-order valence-electron chi connectivity index (χ3n) is 5.68. The molecule has 40 heavy (non-hydrogen) atoms. The van der Waals surface area contributed by atoms with E-state index in [1.807, 2.05) is 0 Å². The summed E-state index contributed by atoms with van der Waals surface area (Å²) in [4.78, 5) is 30.3. The van der Waals surface area contributed by atoms with Gasteiger partial charge in [0.15, 0.2) is 5.78 Å². The number of anilines is 2. The molecule has 0 aliphatic heterocycles. The molecular weight excluding hydrogens is 576 g/mol. The third-order valence-corrected chi connectivity index (χ3v) is 7.48. The fraction of sp³-hybridized carbons (Fsp3) is 0.0741. The lowest BCUT2D eigenvalue weighted by atomic mass is 9.96. The smallest absolute Gasteiger partial charge is 0.257 e. The van der Waals surface area contributed by atoms with E-state index in [1.165, 1.54) is 48.7 Å². The molecule has 3 aromatic carbocycles. The number of carbonyl (C=O) groups is 2. The molecule has 0 atom stereocenters. The first-order valence-corrected chi connectivity index (χ1v) is 15.4. The Labute approximate surface area is 236 Å². The molecule has 0 radical (unpaired) electrons. The second kappa shape index (κ2) is 11.6. The number of carbonyl (C=O) groups excluding carboxylic acids is 2. The van der Waals surface area contributed by atoms with Gasteiger partial charge in [0, 0.05) is 35.0 Å². The Morgan fingerprint density at radius 3 is 2.25 bits per heavy atom. The van der Waals surface area contributed by atoms with Crippen molar-refractivity contribution >= 4 is 54.8 Å². The molecule has 4 N–H and O–H groups in total. The second-order valence-electron chi connectivity index (χ2n) is 8.78. The number of nitrogens with zero attached hydrogens (tertiary/aromatic N) is 1. The van der Waals surface area contributed by atoms with Gasteiger partial charge >= 0.3 is 0 Å². The number of ketones is 1. The molecule has 0 aliphatic rings. The largest absolute Gasteiger partial charge is 0.307 e. The van der Waals surface area contributed by atoms with Crippen LogP contribution in [-0.2, 0) is 26.5 Å². The molecule has 1 amide bonds. The van der Waals surface area contributed by atoms with Crippen molar-refractivity contribution in [1.82, 2.24) is 4.98 Å². The van der Waals surface area contributed by atoms with Crippen molar-refractivity contribution in [2.45, 2.75) is 11.3 Å². The number of primary sulfonamides is 1. The molecular formula is C27H23ClN4O6S2. The predicted octanol–water partition coefficient (Wildman–Crippen LogP) is 4.10. The lowest BCUT2D eigenvalue weighted by Crippen LogP contribution is -2.18. The highest BCUT2D eigenvalue weighted by molar-refractivity contribution is 7.92. The van der Waals surface area contributed by atoms with Gasteiger partial charge in [0.25, 0.3) is 5.91 Å². The number of benzene rings is 3. The zero-order chi connectivity index (χ0) is 29.1. The molecule has 1 heterocycles. The van der Waals surface area contributed by atoms with Gasteiger partial charge in [-0.05, 0) is 47.5 Å². The molecule has 4 rings (SSSR count). The number of hydrogen-bond acceptors (Lipinski definition) is 7. The SMILES string of the molecule is CS(=O)(=O)Nc1ccc(C(=O)Nc2ccc(Cl)cn2)c(CC(=O)c2ccc(-c3ccccc3S(N)(=O)=O)cc2)c1. The van der Waals surface area contributed by atoms with E-state index in [4.69, 9.17) is 16.7 Å². The summed E-state index contributed by atoms with van der Waals surface area (Å²) >= 11 is 5.85. The molecule has 0 fully saturated rings. The number of nitrogens with one attached hydrogen (secondary N) is 2. The maximum atomic E-state index is 13.2. The van der Waals surface area contributed by atoms with Crippen LogP contribution in [0.1, 0.15) is 26.3 Å². The first-order chi connectivity index (χ1) is 18.8. The lowest BCUT2D eigenvalue weighted by molar-refractivity contribution is 0.0992. The van der Waals surface area contributed by atoms with Crippen molar-refractivity contribution in [3.8, 4) is 11.1 Å². The average Bonchev–Trinajstić information content (AvgIpc) is 2.89. The summed E-state index contributed by atoms with van der Waals surface area (Å²) in [5, 5.41) is 8.36. The van der Waals surface area contributed by atoms with Gasteiger partial charge < -0.3 is 5.32 Å². The Morgan fingerprint density at radius 2 is 1.62 bits per heavy atom. The molecule has 4 aromatic rings. The van der Waals surface area contributed by atoms with E-state index in [0.29, 0.717) is 21.7 Å². The van der Waals surface area contributed by atoms with Gasteiger partial charge in [0.05, 0.1) is 16.2 Å². The van der Waals surface area contributed by atoms with Gasteiger partial charge in [-0.25, -0.2) is 27.0 Å². The van der Waals surface area contributed by atoms with Crippen LogP contribution >= 0.6 is 11.6 Å². The van der Waals surface area contributed by atoms with Crippen molar-refractivity contribution in [3.05, 3.63) is 107 Å². The standard InChI is InChI=1S/C27H23ClN4O6S2/c1-39(35,36)32-21-11-12-23(27(34)31-26-13-10-20(28)16-30-26)19(14-21)15-24(33)18-8-6-17(7-9-18)22-4-2-3-5-25(22)40(29,37)38/h2-14,16,32H,15H2,1H3,(H2,29,37,38)(H,30,31,34). The fourth-order valence-electron chi connectivity index (χ4n) is 3.94. The maximum Gasteiger partial charge on any atom is 0.257 e. The topological polar surface area (TPSA) is 165 Å². The summed E-state index contributed by atoms with van der Waals surface area (Å²) in [6.45, 7) is 0. The monoisotopic (exact) mass is 598 g/mol. The minimum Gasteiger partial charge on any atom is -0.307 e. The molecule has 206 valence electrons. The number of hydrogen-bond donors (Lipinski definition) is 3. The molecule has 13 heteroatoms. The number of amides is 1. The second-order valence-corrected chi connectivity index (χ2v) is 12.5. The molecule has 0 aliphatic carbocycles. The van der Waals surface area contributed by atoms with E-state index >= 15 is 0 Å². The summed E-state index contributed by atoms with van der Waals surface area (Å²) in [6, 6.07) is 19.8. The van der Waals surface area contributed by atoms with E-state index < -0.39 is 26.0 Å². The zero-order valence-electron chi connectivity index (χ0n) is 21.0. The number of pyridine rings is 1.